The van der Waals surface area contributed by atoms with Gasteiger partial charge in [-0.15, -0.1) is 11.8 Å². The number of hydrogen-bond acceptors (Lipinski definition) is 3. The molecule has 0 atom stereocenters. The van der Waals surface area contributed by atoms with Gasteiger partial charge < -0.3 is 4.74 Å². The summed E-state index contributed by atoms with van der Waals surface area (Å²) in [7, 11) is 1.62. The van der Waals surface area contributed by atoms with Crippen molar-refractivity contribution in [2.75, 3.05) is 7.11 Å². The van der Waals surface area contributed by atoms with Crippen LogP contribution in [-0.2, 0) is 5.75 Å². The van der Waals surface area contributed by atoms with Crippen molar-refractivity contribution < 1.29 is 9.13 Å². The summed E-state index contributed by atoms with van der Waals surface area (Å²) < 4.78 is 18.9. The van der Waals surface area contributed by atoms with Gasteiger partial charge in [0.2, 0.25) is 0 Å². The predicted molar refractivity (Wildman–Crippen MR) is 73.7 cm³/mol. The van der Waals surface area contributed by atoms with Crippen LogP contribution >= 0.6 is 11.8 Å². The van der Waals surface area contributed by atoms with E-state index in [1.807, 2.05) is 30.3 Å². The molecule has 96 valence electrons. The second kappa shape index (κ2) is 6.26. The first-order valence-corrected chi connectivity index (χ1v) is 6.67. The Labute approximate surface area is 115 Å². The molecule has 0 amide bonds. The third-order valence-corrected chi connectivity index (χ3v) is 3.71. The van der Waals surface area contributed by atoms with E-state index in [2.05, 4.69) is 0 Å². The second-order valence-electron chi connectivity index (χ2n) is 3.85. The third kappa shape index (κ3) is 3.27. The van der Waals surface area contributed by atoms with Crippen molar-refractivity contribution >= 4 is 11.8 Å². The average Bonchev–Trinajstić information content (AvgIpc) is 2.47. The van der Waals surface area contributed by atoms with Crippen LogP contribution in [0, 0.1) is 17.1 Å². The van der Waals surface area contributed by atoms with Crippen LogP contribution in [-0.4, -0.2) is 7.11 Å². The van der Waals surface area contributed by atoms with E-state index in [1.165, 1.54) is 17.8 Å². The van der Waals surface area contributed by atoms with Gasteiger partial charge in [0.15, 0.2) is 0 Å². The Balaban J connectivity index is 2.08. The molecule has 0 aliphatic carbocycles. The van der Waals surface area contributed by atoms with E-state index in [4.69, 9.17) is 10.00 Å². The summed E-state index contributed by atoms with van der Waals surface area (Å²) in [5.74, 6) is 0.862. The van der Waals surface area contributed by atoms with Crippen LogP contribution in [0.2, 0.25) is 0 Å². The maximum Gasteiger partial charge on any atom is 0.144 e. The highest BCUT2D eigenvalue weighted by molar-refractivity contribution is 7.98. The Morgan fingerprint density at radius 1 is 1.21 bits per heavy atom. The van der Waals surface area contributed by atoms with Gasteiger partial charge in [-0.2, -0.15) is 5.26 Å². The van der Waals surface area contributed by atoms with Gasteiger partial charge in [-0.05, 0) is 35.9 Å². The van der Waals surface area contributed by atoms with Crippen LogP contribution in [0.1, 0.15) is 11.1 Å². The van der Waals surface area contributed by atoms with Crippen molar-refractivity contribution in [3.63, 3.8) is 0 Å². The Morgan fingerprint density at radius 2 is 1.95 bits per heavy atom. The molecule has 2 aromatic rings. The molecule has 0 radical (unpaired) electrons. The molecule has 0 aliphatic heterocycles. The number of methoxy groups -OCH3 is 1. The van der Waals surface area contributed by atoms with E-state index in [1.54, 1.807) is 19.2 Å². The second-order valence-corrected chi connectivity index (χ2v) is 4.90. The van der Waals surface area contributed by atoms with E-state index < -0.39 is 5.82 Å². The van der Waals surface area contributed by atoms with Gasteiger partial charge in [0.25, 0.3) is 0 Å². The summed E-state index contributed by atoms with van der Waals surface area (Å²) in [6.45, 7) is 0. The highest BCUT2D eigenvalue weighted by Gasteiger charge is 2.07. The molecule has 0 aromatic heterocycles. The lowest BCUT2D eigenvalue weighted by Gasteiger charge is -2.05. The van der Waals surface area contributed by atoms with Gasteiger partial charge in [0, 0.05) is 10.6 Å². The topological polar surface area (TPSA) is 33.0 Å². The zero-order valence-corrected chi connectivity index (χ0v) is 11.2. The zero-order valence-electron chi connectivity index (χ0n) is 10.4. The van der Waals surface area contributed by atoms with Crippen molar-refractivity contribution in [3.8, 4) is 11.8 Å². The van der Waals surface area contributed by atoms with E-state index in [0.29, 0.717) is 11.3 Å². The number of nitrogens with zero attached hydrogens (tertiary/aromatic N) is 1. The molecular weight excluding hydrogens is 261 g/mol. The molecule has 0 bridgehead atoms. The fraction of sp³-hybridized carbons (Fsp3) is 0.133. The molecule has 0 heterocycles. The van der Waals surface area contributed by atoms with Gasteiger partial charge >= 0.3 is 0 Å². The molecule has 0 saturated carbocycles. The summed E-state index contributed by atoms with van der Waals surface area (Å²) in [6.07, 6.45) is 0. The van der Waals surface area contributed by atoms with E-state index in [0.717, 1.165) is 10.6 Å². The van der Waals surface area contributed by atoms with E-state index >= 15 is 0 Å². The normalized spacial score (nSPS) is 9.95. The minimum atomic E-state index is -0.425. The fourth-order valence-corrected chi connectivity index (χ4v) is 2.48. The third-order valence-electron chi connectivity index (χ3n) is 2.65. The molecule has 2 nitrogen and oxygen atoms in total. The van der Waals surface area contributed by atoms with E-state index in [9.17, 15) is 4.39 Å². The lowest BCUT2D eigenvalue weighted by atomic mass is 10.1. The van der Waals surface area contributed by atoms with Crippen LogP contribution < -0.4 is 4.74 Å². The van der Waals surface area contributed by atoms with Crippen LogP contribution in [0.3, 0.4) is 0 Å². The maximum atomic E-state index is 13.8. The first-order chi connectivity index (χ1) is 9.24. The van der Waals surface area contributed by atoms with Crippen LogP contribution in [0.4, 0.5) is 4.39 Å². The largest absolute Gasteiger partial charge is 0.497 e. The van der Waals surface area contributed by atoms with Crippen molar-refractivity contribution in [1.29, 1.82) is 5.26 Å². The molecule has 0 fully saturated rings. The van der Waals surface area contributed by atoms with Gasteiger partial charge in [0.1, 0.15) is 17.6 Å². The summed E-state index contributed by atoms with van der Waals surface area (Å²) in [5.41, 5.74) is 0.632. The maximum absolute atomic E-state index is 13.8. The molecule has 2 rings (SSSR count). The van der Waals surface area contributed by atoms with Gasteiger partial charge in [-0.1, -0.05) is 12.1 Å². The number of benzene rings is 2. The van der Waals surface area contributed by atoms with E-state index in [-0.39, 0.29) is 5.56 Å². The van der Waals surface area contributed by atoms with Crippen LogP contribution in [0.25, 0.3) is 0 Å². The Bertz CT molecular complexity index is 605. The number of ether oxygens (including phenoxy) is 1. The number of rotatable bonds is 4. The standard InChI is InChI=1S/C15H12FNOS/c1-18-13-5-7-14(8-6-13)19-10-12-4-2-3-11(9-17)15(12)16/h2-8H,10H2,1H3. The number of thioether (sulfide) groups is 1. The quantitative estimate of drug-likeness (QED) is 0.789. The van der Waals surface area contributed by atoms with Gasteiger partial charge in [-0.25, -0.2) is 4.39 Å². The molecule has 2 aromatic carbocycles. The summed E-state index contributed by atoms with van der Waals surface area (Å²) in [5, 5.41) is 8.78. The minimum absolute atomic E-state index is 0.0906. The van der Waals surface area contributed by atoms with Crippen LogP contribution in [0.5, 0.6) is 5.75 Å². The molecular formula is C15H12FNOS. The molecule has 19 heavy (non-hydrogen) atoms. The monoisotopic (exact) mass is 273 g/mol. The molecule has 0 aliphatic rings. The van der Waals surface area contributed by atoms with Gasteiger partial charge in [0.05, 0.1) is 12.7 Å². The Morgan fingerprint density at radius 3 is 2.58 bits per heavy atom. The lowest BCUT2D eigenvalue weighted by Crippen LogP contribution is -1.91. The minimum Gasteiger partial charge on any atom is -0.497 e. The van der Waals surface area contributed by atoms with Crippen molar-refractivity contribution in [2.24, 2.45) is 0 Å². The summed E-state index contributed by atoms with van der Waals surface area (Å²) in [6, 6.07) is 14.3. The molecule has 0 saturated heterocycles. The number of halogens is 1. The number of hydrogen-bond donors (Lipinski definition) is 0. The predicted octanol–water partition coefficient (Wildman–Crippen LogP) is 4.00. The first-order valence-electron chi connectivity index (χ1n) is 5.69. The Kier molecular flexibility index (Phi) is 4.43. The molecule has 4 heteroatoms. The summed E-state index contributed by atoms with van der Waals surface area (Å²) >= 11 is 1.52. The SMILES string of the molecule is COc1ccc(SCc2cccc(C#N)c2F)cc1. The van der Waals surface area contributed by atoms with Crippen molar-refractivity contribution in [2.45, 2.75) is 10.6 Å². The van der Waals surface area contributed by atoms with Crippen molar-refractivity contribution in [1.82, 2.24) is 0 Å². The Hall–Kier alpha value is -1.99. The zero-order chi connectivity index (χ0) is 13.7. The molecule has 0 unspecified atom stereocenters. The highest BCUT2D eigenvalue weighted by atomic mass is 32.2. The van der Waals surface area contributed by atoms with Crippen LogP contribution in [0.15, 0.2) is 47.4 Å². The molecule has 0 N–H and O–H groups in total. The number of nitriles is 1. The highest BCUT2D eigenvalue weighted by Crippen LogP contribution is 2.26. The fourth-order valence-electron chi connectivity index (χ4n) is 1.61. The van der Waals surface area contributed by atoms with Gasteiger partial charge in [-0.3, -0.25) is 0 Å². The average molecular weight is 273 g/mol. The smallest absolute Gasteiger partial charge is 0.144 e. The lowest BCUT2D eigenvalue weighted by molar-refractivity contribution is 0.414. The molecule has 0 spiro atoms. The summed E-state index contributed by atoms with van der Waals surface area (Å²) in [4.78, 5) is 1.03. The van der Waals surface area contributed by atoms with Crippen molar-refractivity contribution in [3.05, 3.63) is 59.4 Å². The first kappa shape index (κ1) is 13.4.